The Balaban J connectivity index is 2.35. The van der Waals surface area contributed by atoms with E-state index in [1.165, 1.54) is 22.3 Å². The summed E-state index contributed by atoms with van der Waals surface area (Å²) in [6.07, 6.45) is 1.17. The summed E-state index contributed by atoms with van der Waals surface area (Å²) >= 11 is 0. The third-order valence-electron chi connectivity index (χ3n) is 4.74. The maximum absolute atomic E-state index is 2.42. The van der Waals surface area contributed by atoms with E-state index in [0.717, 1.165) is 0 Å². The van der Waals surface area contributed by atoms with Crippen LogP contribution in [-0.2, 0) is 0 Å². The van der Waals surface area contributed by atoms with Gasteiger partial charge in [0, 0.05) is 0 Å². The van der Waals surface area contributed by atoms with Crippen molar-refractivity contribution in [1.82, 2.24) is 0 Å². The number of rotatable bonds is 5. The maximum Gasteiger partial charge on any atom is 0.114 e. The Kier molecular flexibility index (Phi) is 4.94. The molecule has 1 heteroatoms. The average Bonchev–Trinajstić information content (AvgIpc) is 2.65. The second kappa shape index (κ2) is 7.11. The highest BCUT2D eigenvalue weighted by atomic mass is 31.2. The second-order valence-electron chi connectivity index (χ2n) is 5.99. The van der Waals surface area contributed by atoms with Crippen LogP contribution in [0.2, 0.25) is 0 Å². The zero-order valence-corrected chi connectivity index (χ0v) is 14.8. The summed E-state index contributed by atoms with van der Waals surface area (Å²) in [5.74, 6) is 0. The Morgan fingerprint density at radius 2 is 0.913 bits per heavy atom. The van der Waals surface area contributed by atoms with Crippen molar-refractivity contribution in [2.45, 2.75) is 25.9 Å². The van der Waals surface area contributed by atoms with Crippen molar-refractivity contribution >= 4 is 23.2 Å². The minimum atomic E-state index is -1.64. The molecule has 1 atom stereocenters. The van der Waals surface area contributed by atoms with Gasteiger partial charge < -0.3 is 0 Å². The van der Waals surface area contributed by atoms with E-state index in [1.807, 2.05) is 0 Å². The van der Waals surface area contributed by atoms with Gasteiger partial charge >= 0.3 is 0 Å². The quantitative estimate of drug-likeness (QED) is 0.594. The molecule has 0 aromatic heterocycles. The highest BCUT2D eigenvalue weighted by molar-refractivity contribution is 7.96. The van der Waals surface area contributed by atoms with E-state index in [9.17, 15) is 0 Å². The first-order valence-electron chi connectivity index (χ1n) is 8.35. The van der Waals surface area contributed by atoms with Gasteiger partial charge in [-0.2, -0.15) is 0 Å². The van der Waals surface area contributed by atoms with Gasteiger partial charge in [0.25, 0.3) is 0 Å². The van der Waals surface area contributed by atoms with Gasteiger partial charge in [-0.05, 0) is 49.7 Å². The van der Waals surface area contributed by atoms with E-state index in [4.69, 9.17) is 0 Å². The molecule has 0 amide bonds. The van der Waals surface area contributed by atoms with E-state index in [0.29, 0.717) is 5.66 Å². The van der Waals surface area contributed by atoms with Gasteiger partial charge in [0.2, 0.25) is 0 Å². The SMILES string of the molecule is CCC(C)[P+](c1ccccc1)(c1ccccc1)c1ccccc1. The number of benzene rings is 3. The maximum atomic E-state index is 2.42. The minimum absolute atomic E-state index is 0.606. The van der Waals surface area contributed by atoms with Crippen LogP contribution >= 0.6 is 7.26 Å². The van der Waals surface area contributed by atoms with Crippen molar-refractivity contribution < 1.29 is 0 Å². The molecule has 3 rings (SSSR count). The smallest absolute Gasteiger partial charge is 0.0620 e. The molecule has 0 radical (unpaired) electrons. The summed E-state index contributed by atoms with van der Waals surface area (Å²) in [6, 6.07) is 33.3. The molecule has 0 aliphatic carbocycles. The molecule has 116 valence electrons. The standard InChI is InChI=1S/C22H24P/c1-3-19(2)23(20-13-7-4-8-14-20,21-15-9-5-10-16-21)22-17-11-6-12-18-22/h4-19H,3H2,1-2H3/q+1. The molecule has 0 nitrogen and oxygen atoms in total. The van der Waals surface area contributed by atoms with Crippen molar-refractivity contribution in [1.29, 1.82) is 0 Å². The average molecular weight is 319 g/mol. The fraction of sp³-hybridized carbons (Fsp3) is 0.182. The molecule has 3 aromatic rings. The van der Waals surface area contributed by atoms with Gasteiger partial charge in [-0.1, -0.05) is 61.5 Å². The Hall–Kier alpha value is -1.91. The van der Waals surface area contributed by atoms with Gasteiger partial charge in [-0.15, -0.1) is 0 Å². The minimum Gasteiger partial charge on any atom is -0.0620 e. The van der Waals surface area contributed by atoms with E-state index >= 15 is 0 Å². The molecule has 0 aliphatic rings. The van der Waals surface area contributed by atoms with Gasteiger partial charge in [0.05, 0.1) is 5.66 Å². The fourth-order valence-electron chi connectivity index (χ4n) is 3.47. The lowest BCUT2D eigenvalue weighted by Crippen LogP contribution is -2.37. The van der Waals surface area contributed by atoms with Crippen molar-refractivity contribution in [3.8, 4) is 0 Å². The predicted molar refractivity (Wildman–Crippen MR) is 105 cm³/mol. The fourth-order valence-corrected chi connectivity index (χ4v) is 8.37. The molecule has 0 heterocycles. The van der Waals surface area contributed by atoms with E-state index < -0.39 is 7.26 Å². The summed E-state index contributed by atoms with van der Waals surface area (Å²) in [7, 11) is -1.64. The zero-order valence-electron chi connectivity index (χ0n) is 13.9. The summed E-state index contributed by atoms with van der Waals surface area (Å²) in [4.78, 5) is 0. The molecule has 1 unspecified atom stereocenters. The summed E-state index contributed by atoms with van der Waals surface area (Å²) in [6.45, 7) is 4.73. The lowest BCUT2D eigenvalue weighted by molar-refractivity contribution is 0.893. The van der Waals surface area contributed by atoms with Crippen LogP contribution < -0.4 is 15.9 Å². The number of hydrogen-bond acceptors (Lipinski definition) is 0. The Labute approximate surface area is 140 Å². The molecule has 0 aliphatic heterocycles. The molecule has 0 N–H and O–H groups in total. The second-order valence-corrected chi connectivity index (χ2v) is 9.86. The van der Waals surface area contributed by atoms with Crippen LogP contribution in [0.3, 0.4) is 0 Å². The van der Waals surface area contributed by atoms with Crippen LogP contribution in [0.4, 0.5) is 0 Å². The third kappa shape index (κ3) is 2.84. The first-order valence-corrected chi connectivity index (χ1v) is 10.2. The lowest BCUT2D eigenvalue weighted by atomic mass is 10.3. The molecule has 0 fully saturated rings. The van der Waals surface area contributed by atoms with Crippen LogP contribution in [0.15, 0.2) is 91.0 Å². The molecule has 23 heavy (non-hydrogen) atoms. The van der Waals surface area contributed by atoms with Gasteiger partial charge in [0.1, 0.15) is 23.2 Å². The molecule has 0 bridgehead atoms. The highest BCUT2D eigenvalue weighted by Crippen LogP contribution is 2.60. The van der Waals surface area contributed by atoms with E-state index in [-0.39, 0.29) is 0 Å². The van der Waals surface area contributed by atoms with Crippen LogP contribution in [0.25, 0.3) is 0 Å². The van der Waals surface area contributed by atoms with Gasteiger partial charge in [-0.3, -0.25) is 0 Å². The number of hydrogen-bond donors (Lipinski definition) is 0. The summed E-state index contributed by atoms with van der Waals surface area (Å²) in [5.41, 5.74) is 0.606. The van der Waals surface area contributed by atoms with Crippen molar-refractivity contribution in [3.05, 3.63) is 91.0 Å². The predicted octanol–water partition coefficient (Wildman–Crippen LogP) is 4.78. The highest BCUT2D eigenvalue weighted by Gasteiger charge is 2.49. The first kappa shape index (κ1) is 16.0. The molecular formula is C22H24P+. The van der Waals surface area contributed by atoms with Gasteiger partial charge in [-0.25, -0.2) is 0 Å². The lowest BCUT2D eigenvalue weighted by Gasteiger charge is -2.32. The Morgan fingerprint density at radius 3 is 1.17 bits per heavy atom. The monoisotopic (exact) mass is 319 g/mol. The molecule has 0 spiro atoms. The largest absolute Gasteiger partial charge is 0.114 e. The summed E-state index contributed by atoms with van der Waals surface area (Å²) in [5, 5.41) is 4.44. The summed E-state index contributed by atoms with van der Waals surface area (Å²) < 4.78 is 0. The molecular weight excluding hydrogens is 295 g/mol. The van der Waals surface area contributed by atoms with Gasteiger partial charge in [0.15, 0.2) is 0 Å². The Bertz CT molecular complexity index is 623. The zero-order chi connectivity index (χ0) is 16.1. The van der Waals surface area contributed by atoms with E-state index in [1.54, 1.807) is 0 Å². The van der Waals surface area contributed by atoms with Crippen LogP contribution in [0.5, 0.6) is 0 Å². The molecule has 0 saturated carbocycles. The van der Waals surface area contributed by atoms with Crippen LogP contribution in [0, 0.1) is 0 Å². The van der Waals surface area contributed by atoms with Crippen LogP contribution in [0.1, 0.15) is 20.3 Å². The first-order chi connectivity index (χ1) is 11.3. The van der Waals surface area contributed by atoms with Crippen molar-refractivity contribution in [2.75, 3.05) is 0 Å². The topological polar surface area (TPSA) is 0 Å². The third-order valence-corrected chi connectivity index (χ3v) is 9.77. The van der Waals surface area contributed by atoms with Crippen molar-refractivity contribution in [3.63, 3.8) is 0 Å². The molecule has 0 saturated heterocycles. The van der Waals surface area contributed by atoms with Crippen molar-refractivity contribution in [2.24, 2.45) is 0 Å². The van der Waals surface area contributed by atoms with Crippen LogP contribution in [-0.4, -0.2) is 5.66 Å². The normalized spacial score (nSPS) is 12.8. The molecule has 3 aromatic carbocycles. The van der Waals surface area contributed by atoms with E-state index in [2.05, 4.69) is 105 Å². The Morgan fingerprint density at radius 1 is 0.609 bits per heavy atom.